The Hall–Kier alpha value is -12.8. The molecule has 10 aromatic carbocycles. The summed E-state index contributed by atoms with van der Waals surface area (Å²) in [6.07, 6.45) is 44.5. The number of rotatable bonds is 29. The fourth-order valence-corrected chi connectivity index (χ4v) is 15.3. The van der Waals surface area contributed by atoms with Gasteiger partial charge >= 0.3 is 11.9 Å². The number of hydrogen-bond acceptors (Lipinski definition) is 9. The summed E-state index contributed by atoms with van der Waals surface area (Å²) in [4.78, 5) is 69.5. The fraction of sp³-hybridized carbons (Fsp3) is 0.183. The van der Waals surface area contributed by atoms with Gasteiger partial charge in [0, 0.05) is 113 Å². The quantitative estimate of drug-likeness (QED) is 0.0133. The van der Waals surface area contributed by atoms with Crippen molar-refractivity contribution in [2.24, 2.45) is 10.7 Å². The number of carboxylic acid groups (broad SMARTS) is 2. The summed E-state index contributed by atoms with van der Waals surface area (Å²) >= 11 is 0. The molecule has 10 aromatic rings. The van der Waals surface area contributed by atoms with Gasteiger partial charge in [-0.25, -0.2) is 4.99 Å². The number of para-hydroxylation sites is 2. The molecule has 1 unspecified atom stereocenters. The zero-order valence-electron chi connectivity index (χ0n) is 70.7. The lowest BCUT2D eigenvalue weighted by atomic mass is 9.79. The van der Waals surface area contributed by atoms with Crippen molar-refractivity contribution in [1.29, 1.82) is 0 Å². The van der Waals surface area contributed by atoms with E-state index in [-0.39, 0.29) is 99.1 Å². The SMILES string of the molecule is CC1(C)C(/C=C/C=C/C=C/NC(=O)c2ccccc2)=[N+](CCC(=O)O)c2ccc3ccccc3c21.CCC(NC)C(=O)CCN1C(=CC=CC=CC=CC2=[N+](CCC(=O)O)c3ccc4ccccc4c3C2(C)C)C(C)(C)c2c1ccc1ccccc21.N/C=C/C=C/C=[NH+]c1ccccc1.O=C(N/C=C/C=C/C=Nc1ccccc1)c1ccccc1.[Br-].[Br-].[Cl-]. The van der Waals surface area contributed by atoms with Crippen LogP contribution in [0.3, 0.4) is 0 Å². The van der Waals surface area contributed by atoms with E-state index in [1.165, 1.54) is 66.6 Å². The number of nitrogens with two attached hydrogens (primary N) is 1. The van der Waals surface area contributed by atoms with Crippen LogP contribution in [0.15, 0.2) is 369 Å². The smallest absolute Gasteiger partial charge is 0.309 e. The van der Waals surface area contributed by atoms with E-state index in [0.717, 1.165) is 40.6 Å². The number of anilines is 1. The number of aliphatic carboxylic acids is 2. The molecule has 3 aliphatic heterocycles. The van der Waals surface area contributed by atoms with E-state index >= 15 is 0 Å². The van der Waals surface area contributed by atoms with Crippen LogP contribution in [-0.2, 0) is 30.6 Å². The van der Waals surface area contributed by atoms with Gasteiger partial charge in [-0.3, -0.25) is 29.0 Å². The predicted octanol–water partition coefficient (Wildman–Crippen LogP) is 10.3. The highest BCUT2D eigenvalue weighted by molar-refractivity contribution is 6.09. The minimum absolute atomic E-state index is 0. The minimum atomic E-state index is -0.817. The molecule has 0 saturated heterocycles. The summed E-state index contributed by atoms with van der Waals surface area (Å²) in [5.74, 6) is -1.67. The number of fused-ring (bicyclic) bond motifs is 9. The highest BCUT2D eigenvalue weighted by Crippen LogP contribution is 2.51. The highest BCUT2D eigenvalue weighted by Gasteiger charge is 2.47. The van der Waals surface area contributed by atoms with Crippen molar-refractivity contribution in [3.63, 3.8) is 0 Å². The van der Waals surface area contributed by atoms with Crippen molar-refractivity contribution in [2.75, 3.05) is 31.6 Å². The number of nitrogens with one attached hydrogen (secondary N) is 4. The second-order valence-corrected chi connectivity index (χ2v) is 30.2. The van der Waals surface area contributed by atoms with Crippen LogP contribution in [0.5, 0.6) is 0 Å². The molecule has 3 heterocycles. The molecule has 2 amide bonds. The Morgan fingerprint density at radius 3 is 1.36 bits per heavy atom. The first-order valence-corrected chi connectivity index (χ1v) is 40.5. The summed E-state index contributed by atoms with van der Waals surface area (Å²) in [6.45, 7) is 16.8. The first-order valence-electron chi connectivity index (χ1n) is 40.5. The maximum absolute atomic E-state index is 13.1. The number of hydrogen-bond donors (Lipinski definition) is 7. The number of aliphatic imine (C=N–C) groups is 1. The Labute approximate surface area is 750 Å². The Morgan fingerprint density at radius 2 is 0.886 bits per heavy atom. The molecular formula is C104H108Br2ClN9O7. The molecule has 8 N–H and O–H groups in total. The summed E-state index contributed by atoms with van der Waals surface area (Å²) in [5, 5.41) is 34.7. The molecule has 19 heteroatoms. The molecule has 0 bridgehead atoms. The van der Waals surface area contributed by atoms with Crippen LogP contribution in [0, 0.1) is 0 Å². The van der Waals surface area contributed by atoms with Gasteiger partial charge in [0.25, 0.3) is 11.8 Å². The first-order chi connectivity index (χ1) is 58.2. The lowest BCUT2D eigenvalue weighted by Gasteiger charge is -2.27. The molecule has 0 saturated carbocycles. The van der Waals surface area contributed by atoms with E-state index < -0.39 is 11.9 Å². The van der Waals surface area contributed by atoms with Gasteiger partial charge in [0.15, 0.2) is 36.5 Å². The van der Waals surface area contributed by atoms with Crippen LogP contribution < -0.4 is 77.9 Å². The Kier molecular flexibility index (Phi) is 38.4. The van der Waals surface area contributed by atoms with Crippen molar-refractivity contribution >= 4 is 114 Å². The molecule has 0 aromatic heterocycles. The lowest BCUT2D eigenvalue weighted by molar-refractivity contribution is -0.436. The number of halogens is 3. The molecule has 0 radical (unpaired) electrons. The fourth-order valence-electron chi connectivity index (χ4n) is 15.3. The van der Waals surface area contributed by atoms with Gasteiger partial charge < -0.3 is 83.2 Å². The number of ketones is 1. The molecule has 632 valence electrons. The second-order valence-electron chi connectivity index (χ2n) is 30.2. The van der Waals surface area contributed by atoms with Gasteiger partial charge in [-0.1, -0.05) is 233 Å². The van der Waals surface area contributed by atoms with E-state index in [1.807, 2.05) is 190 Å². The Balaban J connectivity index is 0.000000249. The van der Waals surface area contributed by atoms with Crippen LogP contribution in [0.1, 0.15) is 112 Å². The molecule has 1 atom stereocenters. The van der Waals surface area contributed by atoms with Crippen molar-refractivity contribution in [3.05, 3.63) is 392 Å². The number of carboxylic acids is 2. The van der Waals surface area contributed by atoms with Crippen LogP contribution >= 0.6 is 0 Å². The third kappa shape index (κ3) is 26.1. The first kappa shape index (κ1) is 97.3. The largest absolute Gasteiger partial charge is 1.00 e. The zero-order valence-corrected chi connectivity index (χ0v) is 74.6. The van der Waals surface area contributed by atoms with Crippen molar-refractivity contribution in [1.82, 2.24) is 16.0 Å². The standard InChI is InChI=1S/C45H49N3O3.C30H28N2O3.C18H16N2O.C11H12N2.2BrH.ClH/c1-7-35(46-6)38(49)27-29-47-36-25-23-31-17-13-15-19-33(31)42(36)44(2,3)39(47)21-11-9-8-10-12-22-40-45(4,5)43-34-20-16-14-18-32(34)24-26-37(43)48(40)30-28-41(50)51;1-30(2)26(16-8-3-4-11-20-31-29(35)23-13-6-5-7-14-23)32(21-19-27(33)34)25-18-17-22-12-9-10-15-24(22)28(25)30;21-18(16-10-4-1-5-11-16)20-15-9-3-8-14-19-17-12-6-2-7-13-17;12-9-5-2-6-10-13-11-7-3-1-4-8-11;;;/h8-26,35,46H,7,27-30H2,1-6H3;3-18,20H,19,21H2,1-2H3,(H,33,34);1-15H,(H,20,21);1-10H,12H2;3*1H/b;;8-3+,15-9+,19-14?;6-2+,9-5+,13-10?;;;. The van der Waals surface area contributed by atoms with Gasteiger partial charge in [0.1, 0.15) is 12.8 Å². The topological polar surface area (TPSA) is 224 Å². The van der Waals surface area contributed by atoms with Gasteiger partial charge in [0.05, 0.1) is 22.6 Å². The zero-order chi connectivity index (χ0) is 85.3. The average molecular weight is 1790 g/mol. The molecule has 3 aliphatic rings. The maximum atomic E-state index is 13.1. The number of benzene rings is 10. The Morgan fingerprint density at radius 1 is 0.472 bits per heavy atom. The summed E-state index contributed by atoms with van der Waals surface area (Å²) in [6, 6.07) is 75.7. The second kappa shape index (κ2) is 48.6. The highest BCUT2D eigenvalue weighted by atomic mass is 79.9. The van der Waals surface area contributed by atoms with Crippen molar-refractivity contribution in [2.45, 2.75) is 96.4 Å². The van der Waals surface area contributed by atoms with Crippen LogP contribution in [-0.4, -0.2) is 105 Å². The minimum Gasteiger partial charge on any atom is -1.00 e. The average Bonchev–Trinajstić information content (AvgIpc) is 1.59. The van der Waals surface area contributed by atoms with Crippen molar-refractivity contribution < 1.29 is 94.7 Å². The molecule has 0 spiro atoms. The summed E-state index contributed by atoms with van der Waals surface area (Å²) in [5.41, 5.74) is 17.9. The molecular weight excluding hydrogens is 1680 g/mol. The van der Waals surface area contributed by atoms with E-state index in [9.17, 15) is 34.2 Å². The third-order valence-electron chi connectivity index (χ3n) is 21.1. The number of likely N-dealkylation sites (N-methyl/N-ethyl adjacent to an activating group) is 1. The van der Waals surface area contributed by atoms with Crippen molar-refractivity contribution in [3.8, 4) is 0 Å². The maximum Gasteiger partial charge on any atom is 0.309 e. The number of Topliss-reactive ketones (excluding diaryl/α,β-unsaturated/α-hetero) is 1. The van der Waals surface area contributed by atoms with E-state index in [0.29, 0.717) is 37.2 Å². The van der Waals surface area contributed by atoms with Crippen LogP contribution in [0.25, 0.3) is 32.3 Å². The molecule has 0 aliphatic carbocycles. The predicted molar refractivity (Wildman–Crippen MR) is 494 cm³/mol. The third-order valence-corrected chi connectivity index (χ3v) is 21.1. The van der Waals surface area contributed by atoms with Crippen LogP contribution in [0.2, 0.25) is 0 Å². The van der Waals surface area contributed by atoms with Gasteiger partial charge in [0.2, 0.25) is 17.1 Å². The van der Waals surface area contributed by atoms with Gasteiger partial charge in [-0.15, -0.1) is 0 Å². The molecule has 16 nitrogen and oxygen atoms in total. The lowest BCUT2D eigenvalue weighted by Crippen LogP contribution is -3.00. The van der Waals surface area contributed by atoms with E-state index in [2.05, 4.69) is 197 Å². The molecule has 123 heavy (non-hydrogen) atoms. The van der Waals surface area contributed by atoms with E-state index in [1.54, 1.807) is 73.3 Å². The monoisotopic (exact) mass is 1790 g/mol. The number of nitrogens with zero attached hydrogens (tertiary/aromatic N) is 4. The van der Waals surface area contributed by atoms with Gasteiger partial charge in [-0.2, -0.15) is 9.15 Å². The van der Waals surface area contributed by atoms with Crippen LogP contribution in [0.4, 0.5) is 28.4 Å². The normalized spacial score (nSPS) is 14.9. The molecule has 0 fully saturated rings. The summed E-state index contributed by atoms with van der Waals surface area (Å²) < 4.78 is 4.29. The number of amides is 2. The Bertz CT molecular complexity index is 5780. The number of carbonyl (C=O) groups excluding carboxylic acids is 3. The molecule has 13 rings (SSSR count). The number of carbonyl (C=O) groups is 5. The van der Waals surface area contributed by atoms with E-state index in [4.69, 9.17) is 5.73 Å². The summed E-state index contributed by atoms with van der Waals surface area (Å²) in [7, 11) is 1.86. The number of allylic oxidation sites excluding steroid dienone is 19. The van der Waals surface area contributed by atoms with Gasteiger partial charge in [-0.05, 0) is 170 Å².